The van der Waals surface area contributed by atoms with Gasteiger partial charge in [0.15, 0.2) is 0 Å². The summed E-state index contributed by atoms with van der Waals surface area (Å²) in [6.07, 6.45) is 0.876. The van der Waals surface area contributed by atoms with E-state index in [4.69, 9.17) is 0 Å². The molecule has 4 heteroatoms. The number of hydrogen-bond acceptors (Lipinski definition) is 1. The molecule has 1 aromatic heterocycles. The first-order valence-corrected chi connectivity index (χ1v) is 5.62. The zero-order valence-corrected chi connectivity index (χ0v) is 9.99. The summed E-state index contributed by atoms with van der Waals surface area (Å²) in [5, 5.41) is 4.04. The zero-order valence-electron chi connectivity index (χ0n) is 8.40. The maximum absolute atomic E-state index is 13.1. The fourth-order valence-corrected chi connectivity index (χ4v) is 2.31. The third-order valence-electron chi connectivity index (χ3n) is 2.44. The molecule has 0 unspecified atom stereocenters. The first-order chi connectivity index (χ1) is 7.22. The molecule has 0 spiro atoms. The van der Waals surface area contributed by atoms with Crippen LogP contribution in [0.3, 0.4) is 0 Å². The van der Waals surface area contributed by atoms with Crippen LogP contribution in [0.2, 0.25) is 0 Å². The Morgan fingerprint density at radius 2 is 2.27 bits per heavy atom. The van der Waals surface area contributed by atoms with Crippen LogP contribution in [0, 0.1) is 5.82 Å². The van der Waals surface area contributed by atoms with Gasteiger partial charge in [0, 0.05) is 10.9 Å². The third kappa shape index (κ3) is 2.06. The highest BCUT2D eigenvalue weighted by Crippen LogP contribution is 2.27. The van der Waals surface area contributed by atoms with Gasteiger partial charge in [-0.2, -0.15) is 0 Å². The summed E-state index contributed by atoms with van der Waals surface area (Å²) in [5.74, 6) is -0.195. The quantitative estimate of drug-likeness (QED) is 0.882. The van der Waals surface area contributed by atoms with Crippen molar-refractivity contribution in [2.45, 2.75) is 6.42 Å². The summed E-state index contributed by atoms with van der Waals surface area (Å²) < 4.78 is 14.0. The van der Waals surface area contributed by atoms with Crippen molar-refractivity contribution < 1.29 is 4.39 Å². The number of nitrogens with one attached hydrogen (secondary N) is 2. The van der Waals surface area contributed by atoms with Gasteiger partial charge in [-0.25, -0.2) is 4.39 Å². The molecule has 0 aliphatic heterocycles. The summed E-state index contributed by atoms with van der Waals surface area (Å²) in [5.41, 5.74) is 2.09. The lowest BCUT2D eigenvalue weighted by Crippen LogP contribution is -2.10. The van der Waals surface area contributed by atoms with Crippen LogP contribution >= 0.6 is 15.9 Å². The van der Waals surface area contributed by atoms with E-state index in [2.05, 4.69) is 26.2 Å². The Morgan fingerprint density at radius 1 is 1.47 bits per heavy atom. The molecule has 0 atom stereocenters. The minimum absolute atomic E-state index is 0.195. The van der Waals surface area contributed by atoms with E-state index >= 15 is 0 Å². The fourth-order valence-electron chi connectivity index (χ4n) is 1.68. The molecular formula is C11H12BrFN2. The van der Waals surface area contributed by atoms with Gasteiger partial charge in [-0.3, -0.25) is 0 Å². The second-order valence-electron chi connectivity index (χ2n) is 3.46. The number of benzene rings is 1. The highest BCUT2D eigenvalue weighted by molar-refractivity contribution is 9.10. The summed E-state index contributed by atoms with van der Waals surface area (Å²) in [4.78, 5) is 3.19. The fraction of sp³-hybridized carbons (Fsp3) is 0.273. The Labute approximate surface area is 96.0 Å². The molecule has 1 aromatic carbocycles. The molecule has 2 rings (SSSR count). The van der Waals surface area contributed by atoms with Crippen molar-refractivity contribution in [3.8, 4) is 0 Å². The topological polar surface area (TPSA) is 27.8 Å². The Morgan fingerprint density at radius 3 is 3.00 bits per heavy atom. The summed E-state index contributed by atoms with van der Waals surface area (Å²) in [6.45, 7) is 0.877. The molecule has 2 aromatic rings. The molecule has 1 heterocycles. The molecule has 0 saturated heterocycles. The summed E-state index contributed by atoms with van der Waals surface area (Å²) in [6, 6.07) is 4.80. The van der Waals surface area contributed by atoms with Crippen LogP contribution in [0.4, 0.5) is 4.39 Å². The smallest absolute Gasteiger partial charge is 0.123 e. The lowest BCUT2D eigenvalue weighted by Gasteiger charge is -1.99. The number of halogens is 2. The van der Waals surface area contributed by atoms with Gasteiger partial charge in [0.25, 0.3) is 0 Å². The maximum Gasteiger partial charge on any atom is 0.123 e. The molecular weight excluding hydrogens is 259 g/mol. The van der Waals surface area contributed by atoms with Gasteiger partial charge in [-0.15, -0.1) is 0 Å². The Bertz CT molecular complexity index is 479. The SMILES string of the molecule is CNCCc1c(Br)[nH]c2ccc(F)cc12. The van der Waals surface area contributed by atoms with Crippen molar-refractivity contribution >= 4 is 26.8 Å². The Hall–Kier alpha value is -0.870. The normalized spacial score (nSPS) is 11.1. The van der Waals surface area contributed by atoms with E-state index in [1.165, 1.54) is 6.07 Å². The highest BCUT2D eigenvalue weighted by atomic mass is 79.9. The molecule has 0 aliphatic rings. The number of likely N-dealkylation sites (N-methyl/N-ethyl adjacent to an activating group) is 1. The predicted octanol–water partition coefficient (Wildman–Crippen LogP) is 2.83. The largest absolute Gasteiger partial charge is 0.349 e. The van der Waals surface area contributed by atoms with E-state index in [9.17, 15) is 4.39 Å². The van der Waals surface area contributed by atoms with Gasteiger partial charge >= 0.3 is 0 Å². The van der Waals surface area contributed by atoms with Crippen LogP contribution in [0.25, 0.3) is 10.9 Å². The number of hydrogen-bond donors (Lipinski definition) is 2. The van der Waals surface area contributed by atoms with E-state index in [0.29, 0.717) is 0 Å². The van der Waals surface area contributed by atoms with Gasteiger partial charge in [0.1, 0.15) is 5.82 Å². The van der Waals surface area contributed by atoms with Crippen molar-refractivity contribution in [3.05, 3.63) is 34.2 Å². The molecule has 15 heavy (non-hydrogen) atoms. The molecule has 0 radical (unpaired) electrons. The van der Waals surface area contributed by atoms with Crippen LogP contribution in [0.5, 0.6) is 0 Å². The number of aromatic amines is 1. The number of aromatic nitrogens is 1. The average molecular weight is 271 g/mol. The average Bonchev–Trinajstić information content (AvgIpc) is 2.51. The Balaban J connectivity index is 2.50. The van der Waals surface area contributed by atoms with Gasteiger partial charge in [0.2, 0.25) is 0 Å². The van der Waals surface area contributed by atoms with E-state index in [1.54, 1.807) is 12.1 Å². The van der Waals surface area contributed by atoms with Crippen LogP contribution in [0.1, 0.15) is 5.56 Å². The van der Waals surface area contributed by atoms with Gasteiger partial charge in [0.05, 0.1) is 4.60 Å². The minimum Gasteiger partial charge on any atom is -0.349 e. The molecule has 0 aliphatic carbocycles. The van der Waals surface area contributed by atoms with Crippen molar-refractivity contribution in [1.29, 1.82) is 0 Å². The number of fused-ring (bicyclic) bond motifs is 1. The predicted molar refractivity (Wildman–Crippen MR) is 63.6 cm³/mol. The summed E-state index contributed by atoms with van der Waals surface area (Å²) >= 11 is 3.46. The second-order valence-corrected chi connectivity index (χ2v) is 4.25. The molecule has 80 valence electrons. The molecule has 0 saturated carbocycles. The van der Waals surface area contributed by atoms with Crippen molar-refractivity contribution in [1.82, 2.24) is 10.3 Å². The van der Waals surface area contributed by atoms with Gasteiger partial charge in [-0.05, 0) is 59.7 Å². The Kier molecular flexibility index (Phi) is 3.07. The second kappa shape index (κ2) is 4.33. The first kappa shape index (κ1) is 10.6. The molecule has 2 nitrogen and oxygen atoms in total. The van der Waals surface area contributed by atoms with E-state index in [1.807, 2.05) is 7.05 Å². The van der Waals surface area contributed by atoms with E-state index in [0.717, 1.165) is 34.0 Å². The molecule has 2 N–H and O–H groups in total. The van der Waals surface area contributed by atoms with Gasteiger partial charge < -0.3 is 10.3 Å². The number of rotatable bonds is 3. The van der Waals surface area contributed by atoms with E-state index in [-0.39, 0.29) is 5.82 Å². The van der Waals surface area contributed by atoms with Crippen LogP contribution in [-0.4, -0.2) is 18.6 Å². The van der Waals surface area contributed by atoms with E-state index < -0.39 is 0 Å². The lowest BCUT2D eigenvalue weighted by molar-refractivity contribution is 0.629. The standard InChI is InChI=1S/C11H12BrFN2/c1-14-5-4-8-9-6-7(13)2-3-10(9)15-11(8)12/h2-3,6,14-15H,4-5H2,1H3. The minimum atomic E-state index is -0.195. The highest BCUT2D eigenvalue weighted by Gasteiger charge is 2.09. The first-order valence-electron chi connectivity index (χ1n) is 4.82. The summed E-state index contributed by atoms with van der Waals surface area (Å²) in [7, 11) is 1.91. The van der Waals surface area contributed by atoms with Crippen molar-refractivity contribution in [3.63, 3.8) is 0 Å². The zero-order chi connectivity index (χ0) is 10.8. The van der Waals surface area contributed by atoms with Gasteiger partial charge in [-0.1, -0.05) is 0 Å². The molecule has 0 bridgehead atoms. The van der Waals surface area contributed by atoms with Crippen molar-refractivity contribution in [2.24, 2.45) is 0 Å². The monoisotopic (exact) mass is 270 g/mol. The van der Waals surface area contributed by atoms with Crippen LogP contribution in [-0.2, 0) is 6.42 Å². The van der Waals surface area contributed by atoms with Crippen molar-refractivity contribution in [2.75, 3.05) is 13.6 Å². The maximum atomic E-state index is 13.1. The number of H-pyrrole nitrogens is 1. The molecule has 0 fully saturated rings. The third-order valence-corrected chi connectivity index (χ3v) is 3.12. The van der Waals surface area contributed by atoms with Crippen LogP contribution < -0.4 is 5.32 Å². The lowest BCUT2D eigenvalue weighted by atomic mass is 10.1. The molecule has 0 amide bonds. The van der Waals surface area contributed by atoms with Crippen LogP contribution in [0.15, 0.2) is 22.8 Å².